The van der Waals surface area contributed by atoms with Crippen LogP contribution in [0.4, 0.5) is 0 Å². The molecule has 0 fully saturated rings. The number of nitrogens with two attached hydrogens (primary N) is 1. The van der Waals surface area contributed by atoms with E-state index >= 15 is 0 Å². The van der Waals surface area contributed by atoms with E-state index in [2.05, 4.69) is 12.2 Å². The summed E-state index contributed by atoms with van der Waals surface area (Å²) in [6.07, 6.45) is 3.23. The number of hydrogen-bond acceptors (Lipinski definition) is 5. The first-order valence-electron chi connectivity index (χ1n) is 7.48. The molecule has 0 atom stereocenters. The monoisotopic (exact) mass is 322 g/mol. The summed E-state index contributed by atoms with van der Waals surface area (Å²) in [6.45, 7) is 1.99. The van der Waals surface area contributed by atoms with Crippen molar-refractivity contribution in [2.24, 2.45) is 5.73 Å². The second kappa shape index (κ2) is 10.2. The van der Waals surface area contributed by atoms with Crippen molar-refractivity contribution in [3.8, 4) is 5.75 Å². The highest BCUT2D eigenvalue weighted by Crippen LogP contribution is 2.13. The lowest BCUT2D eigenvalue weighted by Crippen LogP contribution is -2.35. The van der Waals surface area contributed by atoms with Gasteiger partial charge in [0.2, 0.25) is 5.91 Å². The van der Waals surface area contributed by atoms with E-state index in [1.165, 1.54) is 0 Å². The van der Waals surface area contributed by atoms with Crippen LogP contribution in [0, 0.1) is 0 Å². The van der Waals surface area contributed by atoms with Gasteiger partial charge < -0.3 is 20.5 Å². The number of benzene rings is 1. The Hall–Kier alpha value is -2.57. The molecule has 0 aliphatic heterocycles. The van der Waals surface area contributed by atoms with Gasteiger partial charge in [-0.15, -0.1) is 0 Å². The van der Waals surface area contributed by atoms with Gasteiger partial charge in [-0.1, -0.05) is 19.8 Å². The number of amides is 2. The zero-order valence-electron chi connectivity index (χ0n) is 13.2. The SMILES string of the molecule is CCCCCOc1ccc(C(=O)OCC(=O)NCC(N)=O)cc1. The molecule has 0 heterocycles. The minimum atomic E-state index is -0.667. The number of hydrogen-bond donors (Lipinski definition) is 2. The van der Waals surface area contributed by atoms with Crippen molar-refractivity contribution in [3.63, 3.8) is 0 Å². The highest BCUT2D eigenvalue weighted by Gasteiger charge is 2.10. The Morgan fingerprint density at radius 1 is 1.13 bits per heavy atom. The van der Waals surface area contributed by atoms with E-state index in [0.717, 1.165) is 19.3 Å². The Balaban J connectivity index is 2.36. The molecule has 3 N–H and O–H groups in total. The molecule has 0 saturated heterocycles. The zero-order valence-corrected chi connectivity index (χ0v) is 13.2. The smallest absolute Gasteiger partial charge is 0.338 e. The first-order valence-corrected chi connectivity index (χ1v) is 7.48. The van der Waals surface area contributed by atoms with Crippen LogP contribution in [-0.4, -0.2) is 37.5 Å². The van der Waals surface area contributed by atoms with Gasteiger partial charge in [-0.05, 0) is 30.7 Å². The number of esters is 1. The maximum absolute atomic E-state index is 11.8. The lowest BCUT2D eigenvalue weighted by Gasteiger charge is -2.07. The molecular weight excluding hydrogens is 300 g/mol. The van der Waals surface area contributed by atoms with Crippen molar-refractivity contribution in [3.05, 3.63) is 29.8 Å². The number of rotatable bonds is 10. The maximum atomic E-state index is 11.8. The number of carbonyl (C=O) groups excluding carboxylic acids is 3. The van der Waals surface area contributed by atoms with Gasteiger partial charge in [-0.2, -0.15) is 0 Å². The highest BCUT2D eigenvalue weighted by atomic mass is 16.5. The fraction of sp³-hybridized carbons (Fsp3) is 0.438. The Morgan fingerprint density at radius 3 is 2.43 bits per heavy atom. The molecule has 1 aromatic carbocycles. The van der Waals surface area contributed by atoms with Gasteiger partial charge in [0, 0.05) is 0 Å². The minimum absolute atomic E-state index is 0.291. The van der Waals surface area contributed by atoms with Gasteiger partial charge in [0.05, 0.1) is 18.7 Å². The van der Waals surface area contributed by atoms with E-state index < -0.39 is 24.4 Å². The van der Waals surface area contributed by atoms with Crippen molar-refractivity contribution in [1.82, 2.24) is 5.32 Å². The summed E-state index contributed by atoms with van der Waals surface area (Å²) in [5, 5.41) is 2.22. The quantitative estimate of drug-likeness (QED) is 0.494. The molecule has 0 aromatic heterocycles. The van der Waals surface area contributed by atoms with Crippen LogP contribution in [0.2, 0.25) is 0 Å². The Labute approximate surface area is 135 Å². The third-order valence-electron chi connectivity index (χ3n) is 2.90. The van der Waals surface area contributed by atoms with Gasteiger partial charge in [0.1, 0.15) is 5.75 Å². The molecule has 0 aliphatic rings. The van der Waals surface area contributed by atoms with Crippen LogP contribution in [0.1, 0.15) is 36.5 Å². The highest BCUT2D eigenvalue weighted by molar-refractivity contribution is 5.92. The molecule has 0 unspecified atom stereocenters. The van der Waals surface area contributed by atoms with E-state index in [9.17, 15) is 14.4 Å². The predicted octanol–water partition coefficient (Wildman–Crippen LogP) is 1.01. The molecule has 0 aliphatic carbocycles. The summed E-state index contributed by atoms with van der Waals surface area (Å²) < 4.78 is 10.4. The van der Waals surface area contributed by atoms with Gasteiger partial charge in [-0.3, -0.25) is 9.59 Å². The van der Waals surface area contributed by atoms with Crippen LogP contribution < -0.4 is 15.8 Å². The predicted molar refractivity (Wildman–Crippen MR) is 83.9 cm³/mol. The summed E-state index contributed by atoms with van der Waals surface area (Å²) >= 11 is 0. The van der Waals surface area contributed by atoms with E-state index in [1.54, 1.807) is 24.3 Å². The molecule has 0 spiro atoms. The Morgan fingerprint density at radius 2 is 1.83 bits per heavy atom. The van der Waals surface area contributed by atoms with Crippen LogP contribution in [0.3, 0.4) is 0 Å². The molecule has 7 nitrogen and oxygen atoms in total. The van der Waals surface area contributed by atoms with Crippen LogP contribution >= 0.6 is 0 Å². The average Bonchev–Trinajstić information content (AvgIpc) is 2.55. The van der Waals surface area contributed by atoms with Crippen molar-refractivity contribution < 1.29 is 23.9 Å². The van der Waals surface area contributed by atoms with Crippen molar-refractivity contribution >= 4 is 17.8 Å². The van der Waals surface area contributed by atoms with Crippen LogP contribution in [-0.2, 0) is 14.3 Å². The van der Waals surface area contributed by atoms with Gasteiger partial charge in [0.25, 0.3) is 5.91 Å². The molecular formula is C16H22N2O5. The first kappa shape index (κ1) is 18.5. The average molecular weight is 322 g/mol. The largest absolute Gasteiger partial charge is 0.494 e. The Kier molecular flexibility index (Phi) is 8.20. The van der Waals surface area contributed by atoms with Crippen LogP contribution in [0.25, 0.3) is 0 Å². The second-order valence-electron chi connectivity index (χ2n) is 4.90. The van der Waals surface area contributed by atoms with E-state index in [-0.39, 0.29) is 6.54 Å². The molecule has 0 radical (unpaired) electrons. The van der Waals surface area contributed by atoms with E-state index in [4.69, 9.17) is 15.2 Å². The molecule has 1 rings (SSSR count). The second-order valence-corrected chi connectivity index (χ2v) is 4.90. The third-order valence-corrected chi connectivity index (χ3v) is 2.90. The minimum Gasteiger partial charge on any atom is -0.494 e. The fourth-order valence-corrected chi connectivity index (χ4v) is 1.68. The topological polar surface area (TPSA) is 108 Å². The number of ether oxygens (including phenoxy) is 2. The summed E-state index contributed by atoms with van der Waals surface area (Å²) in [5.74, 6) is -1.21. The fourth-order valence-electron chi connectivity index (χ4n) is 1.68. The molecule has 23 heavy (non-hydrogen) atoms. The van der Waals surface area contributed by atoms with Gasteiger partial charge in [-0.25, -0.2) is 4.79 Å². The number of primary amides is 1. The molecule has 0 saturated carbocycles. The van der Waals surface area contributed by atoms with E-state index in [0.29, 0.717) is 17.9 Å². The van der Waals surface area contributed by atoms with Gasteiger partial charge in [0.15, 0.2) is 6.61 Å². The normalized spacial score (nSPS) is 9.96. The van der Waals surface area contributed by atoms with Crippen LogP contribution in [0.5, 0.6) is 5.75 Å². The molecule has 0 bridgehead atoms. The lowest BCUT2D eigenvalue weighted by molar-refractivity contribution is -0.127. The van der Waals surface area contributed by atoms with Crippen LogP contribution in [0.15, 0.2) is 24.3 Å². The summed E-state index contributed by atoms with van der Waals surface area (Å²) in [6, 6.07) is 6.49. The zero-order chi connectivity index (χ0) is 17.1. The molecule has 7 heteroatoms. The molecule has 2 amide bonds. The van der Waals surface area contributed by atoms with Crippen molar-refractivity contribution in [2.75, 3.05) is 19.8 Å². The number of carbonyl (C=O) groups is 3. The standard InChI is InChI=1S/C16H22N2O5/c1-2-3-4-9-22-13-7-5-12(6-8-13)16(21)23-11-15(20)18-10-14(17)19/h5-8H,2-4,9-11H2,1H3,(H2,17,19)(H,18,20). The lowest BCUT2D eigenvalue weighted by atomic mass is 10.2. The summed E-state index contributed by atoms with van der Waals surface area (Å²) in [5.41, 5.74) is 5.19. The molecule has 126 valence electrons. The third kappa shape index (κ3) is 7.85. The first-order chi connectivity index (χ1) is 11.0. The van der Waals surface area contributed by atoms with E-state index in [1.807, 2.05) is 0 Å². The Bertz CT molecular complexity index is 528. The van der Waals surface area contributed by atoms with Crippen molar-refractivity contribution in [2.45, 2.75) is 26.2 Å². The summed E-state index contributed by atoms with van der Waals surface area (Å²) in [4.78, 5) is 33.6. The number of unbranched alkanes of at least 4 members (excludes halogenated alkanes) is 2. The number of nitrogens with one attached hydrogen (secondary N) is 1. The van der Waals surface area contributed by atoms with Crippen molar-refractivity contribution in [1.29, 1.82) is 0 Å². The van der Waals surface area contributed by atoms with Gasteiger partial charge >= 0.3 is 5.97 Å². The maximum Gasteiger partial charge on any atom is 0.338 e. The summed E-state index contributed by atoms with van der Waals surface area (Å²) in [7, 11) is 0. The molecule has 1 aromatic rings.